The molecule has 0 saturated heterocycles. The fourth-order valence-corrected chi connectivity index (χ4v) is 2.74. The predicted molar refractivity (Wildman–Crippen MR) is 85.4 cm³/mol. The van der Waals surface area contributed by atoms with Gasteiger partial charge in [-0.3, -0.25) is 14.9 Å². The molecule has 0 bridgehead atoms. The number of hydrogen-bond acceptors (Lipinski definition) is 6. The maximum atomic E-state index is 11.4. The number of carbonyl (C=O) groups is 1. The van der Waals surface area contributed by atoms with Gasteiger partial charge in [0, 0.05) is 35.1 Å². The van der Waals surface area contributed by atoms with Gasteiger partial charge in [-0.05, 0) is 6.07 Å². The summed E-state index contributed by atoms with van der Waals surface area (Å²) in [4.78, 5) is 21.9. The summed E-state index contributed by atoms with van der Waals surface area (Å²) in [5.41, 5.74) is 5.75. The number of nitrogens with zero attached hydrogens (tertiary/aromatic N) is 1. The number of rotatable bonds is 9. The summed E-state index contributed by atoms with van der Waals surface area (Å²) in [5, 5.41) is 11.4. The van der Waals surface area contributed by atoms with Gasteiger partial charge in [0.25, 0.3) is 0 Å². The Morgan fingerprint density at radius 3 is 2.55 bits per heavy atom. The Morgan fingerprint density at radius 2 is 2.09 bits per heavy atom. The van der Waals surface area contributed by atoms with Crippen molar-refractivity contribution in [1.29, 1.82) is 0 Å². The van der Waals surface area contributed by atoms with Crippen LogP contribution in [0.1, 0.15) is 24.3 Å². The molecule has 2 unspecified atom stereocenters. The molecule has 0 fully saturated rings. The van der Waals surface area contributed by atoms with Gasteiger partial charge in [0.2, 0.25) is 11.9 Å². The van der Waals surface area contributed by atoms with Gasteiger partial charge in [-0.1, -0.05) is 6.07 Å². The van der Waals surface area contributed by atoms with Crippen LogP contribution in [-0.4, -0.2) is 36.8 Å². The van der Waals surface area contributed by atoms with Crippen molar-refractivity contribution in [1.82, 2.24) is 0 Å². The molecule has 0 heterocycles. The Morgan fingerprint density at radius 1 is 1.41 bits per heavy atom. The van der Waals surface area contributed by atoms with Crippen LogP contribution in [0.2, 0.25) is 0 Å². The highest BCUT2D eigenvalue weighted by Crippen LogP contribution is 2.35. The number of primary amides is 1. The van der Waals surface area contributed by atoms with E-state index in [1.165, 1.54) is 14.2 Å². The van der Waals surface area contributed by atoms with Crippen molar-refractivity contribution in [3.8, 4) is 11.5 Å². The van der Waals surface area contributed by atoms with E-state index in [0.29, 0.717) is 17.1 Å². The van der Waals surface area contributed by atoms with E-state index in [1.54, 1.807) is 18.2 Å². The van der Waals surface area contributed by atoms with Crippen LogP contribution in [0.5, 0.6) is 11.5 Å². The Balaban J connectivity index is 3.15. The fraction of sp³-hybridized carbons (Fsp3) is 0.500. The number of hydrogen-bond donors (Lipinski definition) is 2. The number of benzene rings is 1. The highest BCUT2D eigenvalue weighted by atomic mass is 32.1. The van der Waals surface area contributed by atoms with Crippen LogP contribution in [-0.2, 0) is 4.79 Å². The Hall–Kier alpha value is -1.96. The molecule has 0 radical (unpaired) electrons. The molecule has 1 aromatic rings. The summed E-state index contributed by atoms with van der Waals surface area (Å²) >= 11 is 4.23. The van der Waals surface area contributed by atoms with Crippen molar-refractivity contribution in [3.05, 3.63) is 33.9 Å². The van der Waals surface area contributed by atoms with Crippen LogP contribution in [0.3, 0.4) is 0 Å². The minimum Gasteiger partial charge on any atom is -0.497 e. The molecule has 22 heavy (non-hydrogen) atoms. The van der Waals surface area contributed by atoms with Crippen LogP contribution >= 0.6 is 12.6 Å². The standard InChI is InChI=1S/C14H20N2O5S/c1-20-9-3-4-10(13(7-9)21-2)11(8-22)12(16(18)19)5-6-14(15)17/h3-4,7,11-12,22H,5-6,8H2,1-2H3,(H2,15,17). The molecule has 122 valence electrons. The quantitative estimate of drug-likeness (QED) is 0.407. The molecule has 0 aliphatic heterocycles. The zero-order valence-electron chi connectivity index (χ0n) is 12.5. The van der Waals surface area contributed by atoms with E-state index in [9.17, 15) is 14.9 Å². The first-order valence-electron chi connectivity index (χ1n) is 6.69. The maximum Gasteiger partial charge on any atom is 0.221 e. The monoisotopic (exact) mass is 328 g/mol. The summed E-state index contributed by atoms with van der Waals surface area (Å²) < 4.78 is 10.4. The van der Waals surface area contributed by atoms with Crippen LogP contribution in [0, 0.1) is 10.1 Å². The number of methoxy groups -OCH3 is 2. The van der Waals surface area contributed by atoms with E-state index < -0.39 is 22.8 Å². The molecule has 8 heteroatoms. The molecule has 0 spiro atoms. The van der Waals surface area contributed by atoms with Crippen molar-refractivity contribution >= 4 is 18.5 Å². The van der Waals surface area contributed by atoms with Crippen molar-refractivity contribution < 1.29 is 19.2 Å². The second kappa shape index (κ2) is 8.47. The topological polar surface area (TPSA) is 105 Å². The normalized spacial score (nSPS) is 13.2. The summed E-state index contributed by atoms with van der Waals surface area (Å²) in [5.74, 6) is 0.259. The SMILES string of the molecule is COc1ccc(C(CS)C(CCC(N)=O)[N+](=O)[O-])c(OC)c1. The van der Waals surface area contributed by atoms with Gasteiger partial charge in [-0.25, -0.2) is 0 Å². The lowest BCUT2D eigenvalue weighted by Crippen LogP contribution is -2.30. The van der Waals surface area contributed by atoms with Gasteiger partial charge in [0.15, 0.2) is 0 Å². The van der Waals surface area contributed by atoms with Crippen LogP contribution < -0.4 is 15.2 Å². The Bertz CT molecular complexity index is 538. The van der Waals surface area contributed by atoms with Crippen molar-refractivity contribution in [3.63, 3.8) is 0 Å². The number of carbonyl (C=O) groups excluding carboxylic acids is 1. The molecule has 0 aliphatic rings. The van der Waals surface area contributed by atoms with E-state index in [2.05, 4.69) is 12.6 Å². The van der Waals surface area contributed by atoms with E-state index >= 15 is 0 Å². The van der Waals surface area contributed by atoms with Crippen LogP contribution in [0.25, 0.3) is 0 Å². The second-order valence-corrected chi connectivity index (χ2v) is 5.12. The number of nitrogens with two attached hydrogens (primary N) is 1. The van der Waals surface area contributed by atoms with E-state index in [1.807, 2.05) is 0 Å². The zero-order chi connectivity index (χ0) is 16.7. The number of nitro groups is 1. The van der Waals surface area contributed by atoms with Crippen LogP contribution in [0.15, 0.2) is 18.2 Å². The molecule has 2 N–H and O–H groups in total. The first-order valence-corrected chi connectivity index (χ1v) is 7.32. The predicted octanol–water partition coefficient (Wildman–Crippen LogP) is 1.63. The van der Waals surface area contributed by atoms with Gasteiger partial charge in [0.05, 0.1) is 20.1 Å². The lowest BCUT2D eigenvalue weighted by Gasteiger charge is -2.21. The third-order valence-corrected chi connectivity index (χ3v) is 3.85. The van der Waals surface area contributed by atoms with Crippen molar-refractivity contribution in [2.24, 2.45) is 5.73 Å². The van der Waals surface area contributed by atoms with Crippen molar-refractivity contribution in [2.45, 2.75) is 24.8 Å². The number of thiol groups is 1. The van der Waals surface area contributed by atoms with Crippen LogP contribution in [0.4, 0.5) is 0 Å². The van der Waals surface area contributed by atoms with Gasteiger partial charge in [-0.2, -0.15) is 12.6 Å². The Labute approximate surface area is 134 Å². The maximum absolute atomic E-state index is 11.4. The largest absolute Gasteiger partial charge is 0.497 e. The molecule has 0 aliphatic carbocycles. The highest BCUT2D eigenvalue weighted by Gasteiger charge is 2.34. The molecule has 1 amide bonds. The number of ether oxygens (including phenoxy) is 2. The van der Waals surface area contributed by atoms with Crippen molar-refractivity contribution in [2.75, 3.05) is 20.0 Å². The highest BCUT2D eigenvalue weighted by molar-refractivity contribution is 7.80. The molecule has 0 aromatic heterocycles. The third kappa shape index (κ3) is 4.52. The molecular weight excluding hydrogens is 308 g/mol. The molecule has 1 aromatic carbocycles. The summed E-state index contributed by atoms with van der Waals surface area (Å²) in [7, 11) is 3.01. The lowest BCUT2D eigenvalue weighted by atomic mass is 9.89. The Kier molecular flexibility index (Phi) is 6.97. The van der Waals surface area contributed by atoms with Gasteiger partial charge >= 0.3 is 0 Å². The fourth-order valence-electron chi connectivity index (χ4n) is 2.30. The third-order valence-electron chi connectivity index (χ3n) is 3.46. The molecule has 2 atom stereocenters. The first kappa shape index (κ1) is 18.1. The summed E-state index contributed by atoms with van der Waals surface area (Å²) in [6, 6.07) is 4.13. The van der Waals surface area contributed by atoms with Gasteiger partial charge < -0.3 is 15.2 Å². The minimum absolute atomic E-state index is 0.0472. The lowest BCUT2D eigenvalue weighted by molar-refractivity contribution is -0.526. The minimum atomic E-state index is -0.965. The van der Waals surface area contributed by atoms with Gasteiger partial charge in [0.1, 0.15) is 11.5 Å². The van der Waals surface area contributed by atoms with E-state index in [4.69, 9.17) is 15.2 Å². The van der Waals surface area contributed by atoms with E-state index in [-0.39, 0.29) is 18.6 Å². The molecule has 0 saturated carbocycles. The second-order valence-electron chi connectivity index (χ2n) is 4.75. The summed E-state index contributed by atoms with van der Waals surface area (Å²) in [6.45, 7) is 0. The average Bonchev–Trinajstić information content (AvgIpc) is 2.50. The summed E-state index contributed by atoms with van der Waals surface area (Å²) in [6.07, 6.45) is 0.0110. The van der Waals surface area contributed by atoms with E-state index in [0.717, 1.165) is 0 Å². The average molecular weight is 328 g/mol. The zero-order valence-corrected chi connectivity index (χ0v) is 13.4. The molecule has 1 rings (SSSR count). The molecular formula is C14H20N2O5S. The number of amides is 1. The first-order chi connectivity index (χ1) is 10.4. The smallest absolute Gasteiger partial charge is 0.221 e. The van der Waals surface area contributed by atoms with Gasteiger partial charge in [-0.15, -0.1) is 0 Å². The molecule has 7 nitrogen and oxygen atoms in total.